The van der Waals surface area contributed by atoms with Crippen molar-refractivity contribution in [3.63, 3.8) is 0 Å². The van der Waals surface area contributed by atoms with Crippen molar-refractivity contribution in [2.24, 2.45) is 0 Å². The number of nitrogens with zero attached hydrogens (tertiary/aromatic N) is 1. The van der Waals surface area contributed by atoms with Crippen LogP contribution in [0, 0.1) is 0 Å². The standard InChI is InChI=1S/C29H25NO7/c1-33-24-13-20-21(14-26(24)36-15-18-4-2-17(3-5-18)8-9-31)30-22-16-37-29(32)28(22)27(20)19-6-7-23-25(12-19)35-11-10-34-23/h2-7,12-14,31H,8-11,15-16H2,1H3. The van der Waals surface area contributed by atoms with Gasteiger partial charge < -0.3 is 28.8 Å². The van der Waals surface area contributed by atoms with Gasteiger partial charge in [-0.3, -0.25) is 0 Å². The van der Waals surface area contributed by atoms with Crippen LogP contribution in [-0.4, -0.2) is 43.0 Å². The molecule has 0 fully saturated rings. The summed E-state index contributed by atoms with van der Waals surface area (Å²) in [5.74, 6) is 1.96. The van der Waals surface area contributed by atoms with E-state index in [9.17, 15) is 4.79 Å². The number of aromatic nitrogens is 1. The smallest absolute Gasteiger partial charge is 0.341 e. The molecule has 1 aromatic heterocycles. The number of aliphatic hydroxyl groups excluding tert-OH is 1. The SMILES string of the molecule is COc1cc2c(-c3ccc4c(c3)OCCO4)c3c(nc2cc1OCc1ccc(CCO)cc1)COC3=O. The Kier molecular flexibility index (Phi) is 6.02. The second-order valence-corrected chi connectivity index (χ2v) is 8.84. The first-order valence-corrected chi connectivity index (χ1v) is 12.1. The average Bonchev–Trinajstić information content (AvgIpc) is 3.30. The number of methoxy groups -OCH3 is 1. The molecule has 2 aliphatic heterocycles. The van der Waals surface area contributed by atoms with E-state index < -0.39 is 5.97 Å². The molecule has 8 heteroatoms. The minimum absolute atomic E-state index is 0.115. The van der Waals surface area contributed by atoms with Gasteiger partial charge in [0.25, 0.3) is 0 Å². The zero-order valence-electron chi connectivity index (χ0n) is 20.3. The van der Waals surface area contributed by atoms with Crippen LogP contribution in [-0.2, 0) is 24.4 Å². The maximum absolute atomic E-state index is 12.7. The predicted molar refractivity (Wildman–Crippen MR) is 135 cm³/mol. The number of esters is 1. The lowest BCUT2D eigenvalue weighted by Gasteiger charge is -2.20. The van der Waals surface area contributed by atoms with Crippen molar-refractivity contribution in [2.75, 3.05) is 26.9 Å². The number of hydrogen-bond donors (Lipinski definition) is 1. The Morgan fingerprint density at radius 3 is 2.46 bits per heavy atom. The topological polar surface area (TPSA) is 96.3 Å². The van der Waals surface area contributed by atoms with Gasteiger partial charge in [0.05, 0.1) is 23.9 Å². The van der Waals surface area contributed by atoms with Crippen molar-refractivity contribution in [1.82, 2.24) is 4.98 Å². The summed E-state index contributed by atoms with van der Waals surface area (Å²) in [5, 5.41) is 9.86. The molecule has 0 spiro atoms. The van der Waals surface area contributed by atoms with Crippen molar-refractivity contribution in [2.45, 2.75) is 19.6 Å². The molecule has 4 aromatic rings. The van der Waals surface area contributed by atoms with Crippen LogP contribution in [0.15, 0.2) is 54.6 Å². The zero-order valence-corrected chi connectivity index (χ0v) is 20.3. The van der Waals surface area contributed by atoms with E-state index in [0.29, 0.717) is 71.6 Å². The summed E-state index contributed by atoms with van der Waals surface area (Å²) in [6.45, 7) is 1.53. The maximum atomic E-state index is 12.7. The van der Waals surface area contributed by atoms with E-state index in [4.69, 9.17) is 33.8 Å². The Bertz CT molecular complexity index is 1500. The average molecular weight is 500 g/mol. The third-order valence-corrected chi connectivity index (χ3v) is 6.54. The van der Waals surface area contributed by atoms with Crippen molar-refractivity contribution in [3.8, 4) is 34.1 Å². The van der Waals surface area contributed by atoms with E-state index in [0.717, 1.165) is 22.1 Å². The number of benzene rings is 3. The number of aliphatic hydroxyl groups is 1. The van der Waals surface area contributed by atoms with Crippen LogP contribution in [0.5, 0.6) is 23.0 Å². The number of pyridine rings is 1. The number of carbonyl (C=O) groups is 1. The summed E-state index contributed by atoms with van der Waals surface area (Å²) in [6, 6.07) is 17.2. The molecule has 6 rings (SSSR count). The van der Waals surface area contributed by atoms with E-state index in [-0.39, 0.29) is 13.2 Å². The molecule has 188 valence electrons. The monoisotopic (exact) mass is 499 g/mol. The number of carbonyl (C=O) groups excluding carboxylic acids is 1. The van der Waals surface area contributed by atoms with E-state index >= 15 is 0 Å². The van der Waals surface area contributed by atoms with Crippen molar-refractivity contribution >= 4 is 16.9 Å². The molecule has 0 saturated carbocycles. The normalized spacial score (nSPS) is 13.8. The Hall–Kier alpha value is -4.30. The highest BCUT2D eigenvalue weighted by atomic mass is 16.6. The molecule has 0 amide bonds. The molecule has 0 saturated heterocycles. The van der Waals surface area contributed by atoms with Gasteiger partial charge in [0.2, 0.25) is 0 Å². The number of fused-ring (bicyclic) bond motifs is 3. The van der Waals surface area contributed by atoms with Crippen LogP contribution in [0.25, 0.3) is 22.0 Å². The van der Waals surface area contributed by atoms with E-state index in [1.54, 1.807) is 7.11 Å². The Balaban J connectivity index is 1.42. The molecule has 0 radical (unpaired) electrons. The zero-order chi connectivity index (χ0) is 25.4. The quantitative estimate of drug-likeness (QED) is 0.372. The Morgan fingerprint density at radius 1 is 0.892 bits per heavy atom. The molecule has 0 atom stereocenters. The first-order valence-electron chi connectivity index (χ1n) is 12.1. The molecule has 37 heavy (non-hydrogen) atoms. The Morgan fingerprint density at radius 2 is 1.68 bits per heavy atom. The largest absolute Gasteiger partial charge is 0.493 e. The van der Waals surface area contributed by atoms with Crippen LogP contribution in [0.3, 0.4) is 0 Å². The summed E-state index contributed by atoms with van der Waals surface area (Å²) in [7, 11) is 1.58. The fourth-order valence-corrected chi connectivity index (χ4v) is 4.72. The van der Waals surface area contributed by atoms with Crippen molar-refractivity contribution < 1.29 is 33.6 Å². The first kappa shape index (κ1) is 23.1. The van der Waals surface area contributed by atoms with Crippen LogP contribution in [0.4, 0.5) is 0 Å². The maximum Gasteiger partial charge on any atom is 0.341 e. The second kappa shape index (κ2) is 9.63. The fourth-order valence-electron chi connectivity index (χ4n) is 4.72. The van der Waals surface area contributed by atoms with Gasteiger partial charge in [-0.1, -0.05) is 30.3 Å². The van der Waals surface area contributed by atoms with Gasteiger partial charge in [-0.15, -0.1) is 0 Å². The molecule has 8 nitrogen and oxygen atoms in total. The molecule has 0 aliphatic carbocycles. The number of cyclic esters (lactones) is 1. The minimum Gasteiger partial charge on any atom is -0.493 e. The van der Waals surface area contributed by atoms with Gasteiger partial charge in [0.1, 0.15) is 26.4 Å². The second-order valence-electron chi connectivity index (χ2n) is 8.84. The number of rotatable bonds is 7. The highest BCUT2D eigenvalue weighted by Crippen LogP contribution is 2.43. The summed E-state index contributed by atoms with van der Waals surface area (Å²) in [5.41, 5.74) is 5.25. The van der Waals surface area contributed by atoms with E-state index in [1.165, 1.54) is 0 Å². The third-order valence-electron chi connectivity index (χ3n) is 6.54. The summed E-state index contributed by atoms with van der Waals surface area (Å²) in [4.78, 5) is 17.5. The molecule has 0 bridgehead atoms. The molecule has 2 aliphatic rings. The van der Waals surface area contributed by atoms with Crippen LogP contribution in [0.2, 0.25) is 0 Å². The van der Waals surface area contributed by atoms with E-state index in [1.807, 2.05) is 54.6 Å². The Labute approximate surface area is 213 Å². The molecular weight excluding hydrogens is 474 g/mol. The van der Waals surface area contributed by atoms with Gasteiger partial charge in [-0.05, 0) is 41.3 Å². The molecular formula is C29H25NO7. The van der Waals surface area contributed by atoms with Crippen LogP contribution >= 0.6 is 0 Å². The fraction of sp³-hybridized carbons (Fsp3) is 0.241. The molecule has 0 unspecified atom stereocenters. The van der Waals surface area contributed by atoms with Gasteiger partial charge in [0, 0.05) is 23.6 Å². The third kappa shape index (κ3) is 4.29. The number of ether oxygens (including phenoxy) is 5. The summed E-state index contributed by atoms with van der Waals surface area (Å²) in [6.07, 6.45) is 0.619. The molecule has 3 aromatic carbocycles. The van der Waals surface area contributed by atoms with Gasteiger partial charge >= 0.3 is 5.97 Å². The van der Waals surface area contributed by atoms with Crippen molar-refractivity contribution in [1.29, 1.82) is 0 Å². The van der Waals surface area contributed by atoms with Gasteiger partial charge in [0.15, 0.2) is 23.0 Å². The molecule has 3 heterocycles. The predicted octanol–water partition coefficient (Wildman–Crippen LogP) is 4.47. The lowest BCUT2D eigenvalue weighted by Crippen LogP contribution is -2.15. The first-order chi connectivity index (χ1) is 18.1. The summed E-state index contributed by atoms with van der Waals surface area (Å²) >= 11 is 0. The highest BCUT2D eigenvalue weighted by molar-refractivity contribution is 6.09. The lowest BCUT2D eigenvalue weighted by atomic mass is 9.94. The van der Waals surface area contributed by atoms with Crippen molar-refractivity contribution in [3.05, 3.63) is 77.0 Å². The lowest BCUT2D eigenvalue weighted by molar-refractivity contribution is 0.0534. The minimum atomic E-state index is -0.404. The highest BCUT2D eigenvalue weighted by Gasteiger charge is 2.30. The molecule has 1 N–H and O–H groups in total. The van der Waals surface area contributed by atoms with E-state index in [2.05, 4.69) is 0 Å². The van der Waals surface area contributed by atoms with Crippen LogP contribution in [0.1, 0.15) is 27.2 Å². The van der Waals surface area contributed by atoms with Gasteiger partial charge in [-0.2, -0.15) is 0 Å². The van der Waals surface area contributed by atoms with Crippen LogP contribution < -0.4 is 18.9 Å². The van der Waals surface area contributed by atoms with Gasteiger partial charge in [-0.25, -0.2) is 9.78 Å². The summed E-state index contributed by atoms with van der Waals surface area (Å²) < 4.78 is 28.6. The number of hydrogen-bond acceptors (Lipinski definition) is 8.